The topological polar surface area (TPSA) is 49.4 Å². The number of amides is 1. The average molecular weight is 311 g/mol. The van der Waals surface area contributed by atoms with Crippen LogP contribution >= 0.6 is 11.6 Å². The number of Topliss-reactive ketones (excluding diaryl/α,β-unsaturated/α-hetero) is 1. The maximum Gasteiger partial charge on any atom is 0.236 e. The van der Waals surface area contributed by atoms with E-state index in [1.807, 2.05) is 26.0 Å². The van der Waals surface area contributed by atoms with Crippen LogP contribution < -0.4 is 5.32 Å². The Morgan fingerprint density at radius 3 is 2.24 bits per heavy atom. The summed E-state index contributed by atoms with van der Waals surface area (Å²) in [7, 11) is 3.42. The molecule has 0 saturated heterocycles. The quantitative estimate of drug-likeness (QED) is 0.841. The van der Waals surface area contributed by atoms with E-state index in [1.165, 1.54) is 4.90 Å². The van der Waals surface area contributed by atoms with Crippen LogP contribution in [0.5, 0.6) is 0 Å². The smallest absolute Gasteiger partial charge is 0.236 e. The number of rotatable bonds is 7. The molecule has 0 aliphatic rings. The van der Waals surface area contributed by atoms with Crippen LogP contribution in [0.15, 0.2) is 24.3 Å². The predicted molar refractivity (Wildman–Crippen MR) is 85.6 cm³/mol. The Morgan fingerprint density at radius 2 is 1.76 bits per heavy atom. The fraction of sp³-hybridized carbons (Fsp3) is 0.500. The lowest BCUT2D eigenvalue weighted by molar-refractivity contribution is -0.128. The van der Waals surface area contributed by atoms with Gasteiger partial charge in [-0.25, -0.2) is 0 Å². The van der Waals surface area contributed by atoms with Crippen molar-refractivity contribution in [1.29, 1.82) is 0 Å². The molecule has 21 heavy (non-hydrogen) atoms. The van der Waals surface area contributed by atoms with Crippen LogP contribution in [-0.2, 0) is 9.59 Å². The summed E-state index contributed by atoms with van der Waals surface area (Å²) >= 11 is 5.89. The summed E-state index contributed by atoms with van der Waals surface area (Å²) in [4.78, 5) is 25.5. The molecule has 0 saturated carbocycles. The molecule has 1 aromatic rings. The monoisotopic (exact) mass is 310 g/mol. The third-order valence-electron chi connectivity index (χ3n) is 3.31. The molecule has 0 heterocycles. The second-order valence-electron chi connectivity index (χ2n) is 5.58. The zero-order valence-electron chi connectivity index (χ0n) is 13.0. The molecule has 0 bridgehead atoms. The number of nitrogens with zero attached hydrogens (tertiary/aromatic N) is 1. The molecule has 1 aromatic carbocycles. The molecule has 0 spiro atoms. The first-order valence-corrected chi connectivity index (χ1v) is 7.40. The summed E-state index contributed by atoms with van der Waals surface area (Å²) in [5.41, 5.74) is 0.919. The van der Waals surface area contributed by atoms with Gasteiger partial charge in [-0.3, -0.25) is 9.59 Å². The van der Waals surface area contributed by atoms with E-state index in [0.717, 1.165) is 5.56 Å². The standard InChI is InChI=1S/C16H23ClN2O2/c1-11(2)16(21)14(9-18-10-15(20)19(3)4)12-5-7-13(17)8-6-12/h5-8,11,14,18H,9-10H2,1-4H3/t14-/m1/s1. The highest BCUT2D eigenvalue weighted by molar-refractivity contribution is 6.30. The lowest BCUT2D eigenvalue weighted by atomic mass is 9.89. The van der Waals surface area contributed by atoms with Gasteiger partial charge >= 0.3 is 0 Å². The van der Waals surface area contributed by atoms with Gasteiger partial charge in [0.1, 0.15) is 5.78 Å². The van der Waals surface area contributed by atoms with Gasteiger partial charge in [0.15, 0.2) is 0 Å². The van der Waals surface area contributed by atoms with Gasteiger partial charge in [0.2, 0.25) is 5.91 Å². The number of likely N-dealkylation sites (N-methyl/N-ethyl adjacent to an activating group) is 1. The molecule has 4 nitrogen and oxygen atoms in total. The summed E-state index contributed by atoms with van der Waals surface area (Å²) in [5.74, 6) is -0.182. The normalized spacial score (nSPS) is 12.3. The fourth-order valence-corrected chi connectivity index (χ4v) is 2.09. The average Bonchev–Trinajstić information content (AvgIpc) is 2.43. The SMILES string of the molecule is CC(C)C(=O)[C@H](CNCC(=O)N(C)C)c1ccc(Cl)cc1. The van der Waals surface area contributed by atoms with Crippen molar-refractivity contribution in [2.75, 3.05) is 27.2 Å². The molecule has 1 N–H and O–H groups in total. The van der Waals surface area contributed by atoms with Crippen molar-refractivity contribution >= 4 is 23.3 Å². The first-order valence-electron chi connectivity index (χ1n) is 7.03. The van der Waals surface area contributed by atoms with Crippen LogP contribution in [-0.4, -0.2) is 43.8 Å². The number of halogens is 1. The Balaban J connectivity index is 2.76. The number of ketones is 1. The van der Waals surface area contributed by atoms with E-state index in [1.54, 1.807) is 26.2 Å². The molecular formula is C16H23ClN2O2. The third-order valence-corrected chi connectivity index (χ3v) is 3.56. The molecule has 1 rings (SSSR count). The van der Waals surface area contributed by atoms with Crippen LogP contribution in [0.1, 0.15) is 25.3 Å². The molecule has 1 amide bonds. The van der Waals surface area contributed by atoms with E-state index in [0.29, 0.717) is 11.6 Å². The van der Waals surface area contributed by atoms with Crippen LogP contribution in [0.2, 0.25) is 5.02 Å². The highest BCUT2D eigenvalue weighted by Crippen LogP contribution is 2.22. The van der Waals surface area contributed by atoms with E-state index < -0.39 is 0 Å². The summed E-state index contributed by atoms with van der Waals surface area (Å²) in [6.07, 6.45) is 0. The summed E-state index contributed by atoms with van der Waals surface area (Å²) in [6.45, 7) is 4.44. The van der Waals surface area contributed by atoms with E-state index in [4.69, 9.17) is 11.6 Å². The minimum atomic E-state index is -0.266. The summed E-state index contributed by atoms with van der Waals surface area (Å²) in [5, 5.41) is 3.71. The number of carbonyl (C=O) groups is 2. The highest BCUT2D eigenvalue weighted by atomic mass is 35.5. The first kappa shape index (κ1) is 17.7. The van der Waals surface area contributed by atoms with Crippen molar-refractivity contribution in [2.24, 2.45) is 5.92 Å². The molecule has 0 radical (unpaired) electrons. The minimum Gasteiger partial charge on any atom is -0.348 e. The highest BCUT2D eigenvalue weighted by Gasteiger charge is 2.23. The van der Waals surface area contributed by atoms with Gasteiger partial charge in [0.05, 0.1) is 12.5 Å². The number of benzene rings is 1. The van der Waals surface area contributed by atoms with E-state index in [2.05, 4.69) is 5.32 Å². The van der Waals surface area contributed by atoms with Crippen molar-refractivity contribution in [3.8, 4) is 0 Å². The Morgan fingerprint density at radius 1 is 1.19 bits per heavy atom. The van der Waals surface area contributed by atoms with Crippen LogP contribution in [0.4, 0.5) is 0 Å². The first-order chi connectivity index (χ1) is 9.82. The Kier molecular flexibility index (Phi) is 6.85. The predicted octanol–water partition coefficient (Wildman–Crippen LogP) is 2.33. The van der Waals surface area contributed by atoms with Gasteiger partial charge in [-0.15, -0.1) is 0 Å². The van der Waals surface area contributed by atoms with E-state index in [-0.39, 0.29) is 30.1 Å². The maximum atomic E-state index is 12.4. The van der Waals surface area contributed by atoms with Gasteiger partial charge < -0.3 is 10.2 Å². The molecule has 1 atom stereocenters. The number of nitrogens with one attached hydrogen (secondary N) is 1. The third kappa shape index (κ3) is 5.48. The summed E-state index contributed by atoms with van der Waals surface area (Å²) in [6, 6.07) is 7.29. The maximum absolute atomic E-state index is 12.4. The molecule has 0 aliphatic heterocycles. The van der Waals surface area contributed by atoms with Crippen molar-refractivity contribution < 1.29 is 9.59 Å². The Labute approximate surface area is 131 Å². The largest absolute Gasteiger partial charge is 0.348 e. The molecule has 0 aromatic heterocycles. The Hall–Kier alpha value is -1.39. The number of hydrogen-bond donors (Lipinski definition) is 1. The fourth-order valence-electron chi connectivity index (χ4n) is 1.96. The van der Waals surface area contributed by atoms with Gasteiger partial charge in [-0.2, -0.15) is 0 Å². The van der Waals surface area contributed by atoms with Gasteiger partial charge in [0, 0.05) is 31.6 Å². The molecule has 0 unspecified atom stereocenters. The number of carbonyl (C=O) groups excluding carboxylic acids is 2. The van der Waals surface area contributed by atoms with Crippen LogP contribution in [0, 0.1) is 5.92 Å². The van der Waals surface area contributed by atoms with Gasteiger partial charge in [0.25, 0.3) is 0 Å². The van der Waals surface area contributed by atoms with Gasteiger partial charge in [-0.05, 0) is 17.7 Å². The molecule has 116 valence electrons. The van der Waals surface area contributed by atoms with Crippen molar-refractivity contribution in [3.63, 3.8) is 0 Å². The van der Waals surface area contributed by atoms with Crippen molar-refractivity contribution in [1.82, 2.24) is 10.2 Å². The van der Waals surface area contributed by atoms with Crippen molar-refractivity contribution in [3.05, 3.63) is 34.9 Å². The lowest BCUT2D eigenvalue weighted by Gasteiger charge is -2.20. The van der Waals surface area contributed by atoms with Crippen LogP contribution in [0.25, 0.3) is 0 Å². The molecule has 0 fully saturated rings. The second kappa shape index (κ2) is 8.15. The van der Waals surface area contributed by atoms with Crippen molar-refractivity contribution in [2.45, 2.75) is 19.8 Å². The molecular weight excluding hydrogens is 288 g/mol. The molecule has 5 heteroatoms. The minimum absolute atomic E-state index is 0.0122. The Bertz CT molecular complexity index is 484. The van der Waals surface area contributed by atoms with E-state index >= 15 is 0 Å². The zero-order chi connectivity index (χ0) is 16.0. The van der Waals surface area contributed by atoms with Crippen LogP contribution in [0.3, 0.4) is 0 Å². The summed E-state index contributed by atoms with van der Waals surface area (Å²) < 4.78 is 0. The van der Waals surface area contributed by atoms with E-state index in [9.17, 15) is 9.59 Å². The molecule has 0 aliphatic carbocycles. The zero-order valence-corrected chi connectivity index (χ0v) is 13.8. The second-order valence-corrected chi connectivity index (χ2v) is 6.02. The lowest BCUT2D eigenvalue weighted by Crippen LogP contribution is -2.37. The van der Waals surface area contributed by atoms with Gasteiger partial charge in [-0.1, -0.05) is 37.6 Å². The number of hydrogen-bond acceptors (Lipinski definition) is 3.